The van der Waals surface area contributed by atoms with Gasteiger partial charge in [-0.1, -0.05) is 30.3 Å². The van der Waals surface area contributed by atoms with E-state index >= 15 is 0 Å². The van der Waals surface area contributed by atoms with Crippen LogP contribution in [0.5, 0.6) is 0 Å². The SMILES string of the molecule is Cc1cccc(NC(=O)CSCC(=O)N(Cc2ccco2)c2ccccc2)c1. The van der Waals surface area contributed by atoms with Crippen LogP contribution in [0.2, 0.25) is 0 Å². The summed E-state index contributed by atoms with van der Waals surface area (Å²) in [7, 11) is 0. The van der Waals surface area contributed by atoms with Crippen molar-refractivity contribution in [1.29, 1.82) is 0 Å². The Balaban J connectivity index is 1.55. The third kappa shape index (κ3) is 5.76. The molecule has 3 rings (SSSR count). The second-order valence-electron chi connectivity index (χ2n) is 6.31. The number of carbonyl (C=O) groups is 2. The van der Waals surface area contributed by atoms with E-state index in [-0.39, 0.29) is 23.3 Å². The van der Waals surface area contributed by atoms with Crippen LogP contribution in [0.3, 0.4) is 0 Å². The number of nitrogens with one attached hydrogen (secondary N) is 1. The fourth-order valence-electron chi connectivity index (χ4n) is 2.72. The highest BCUT2D eigenvalue weighted by Gasteiger charge is 2.18. The quantitative estimate of drug-likeness (QED) is 0.611. The maximum Gasteiger partial charge on any atom is 0.237 e. The van der Waals surface area contributed by atoms with Crippen LogP contribution in [-0.4, -0.2) is 23.3 Å². The standard InChI is InChI=1S/C22H22N2O3S/c1-17-7-5-8-18(13-17)23-21(25)15-28-16-22(26)24(14-20-11-6-12-27-20)19-9-3-2-4-10-19/h2-13H,14-16H2,1H3,(H,23,25). The van der Waals surface area contributed by atoms with Gasteiger partial charge in [-0.3, -0.25) is 9.59 Å². The average molecular weight is 394 g/mol. The molecule has 28 heavy (non-hydrogen) atoms. The molecule has 0 aliphatic heterocycles. The molecular weight excluding hydrogens is 372 g/mol. The van der Waals surface area contributed by atoms with Crippen molar-refractivity contribution in [2.45, 2.75) is 13.5 Å². The number of amides is 2. The van der Waals surface area contributed by atoms with Crippen LogP contribution in [0.4, 0.5) is 11.4 Å². The van der Waals surface area contributed by atoms with E-state index < -0.39 is 0 Å². The van der Waals surface area contributed by atoms with Gasteiger partial charge in [0.15, 0.2) is 0 Å². The highest BCUT2D eigenvalue weighted by molar-refractivity contribution is 8.00. The first-order valence-electron chi connectivity index (χ1n) is 8.94. The minimum Gasteiger partial charge on any atom is -0.467 e. The minimum atomic E-state index is -0.124. The number of hydrogen-bond acceptors (Lipinski definition) is 4. The lowest BCUT2D eigenvalue weighted by molar-refractivity contribution is -0.116. The Morgan fingerprint density at radius 3 is 2.54 bits per heavy atom. The molecule has 0 saturated heterocycles. The van der Waals surface area contributed by atoms with Crippen LogP contribution in [0.25, 0.3) is 0 Å². The van der Waals surface area contributed by atoms with Crippen LogP contribution in [0.1, 0.15) is 11.3 Å². The lowest BCUT2D eigenvalue weighted by Gasteiger charge is -2.21. The maximum absolute atomic E-state index is 12.8. The van der Waals surface area contributed by atoms with Crippen molar-refractivity contribution in [3.63, 3.8) is 0 Å². The molecule has 6 heteroatoms. The summed E-state index contributed by atoms with van der Waals surface area (Å²) in [5.74, 6) is 0.927. The van der Waals surface area contributed by atoms with Crippen LogP contribution in [0, 0.1) is 6.92 Å². The summed E-state index contributed by atoms with van der Waals surface area (Å²) >= 11 is 1.29. The highest BCUT2D eigenvalue weighted by Crippen LogP contribution is 2.19. The number of rotatable bonds is 8. The second kappa shape index (κ2) is 9.80. The Morgan fingerprint density at radius 2 is 1.82 bits per heavy atom. The summed E-state index contributed by atoms with van der Waals surface area (Å²) in [6.07, 6.45) is 1.59. The number of anilines is 2. The molecule has 1 N–H and O–H groups in total. The number of benzene rings is 2. The first-order chi connectivity index (χ1) is 13.6. The number of para-hydroxylation sites is 1. The lowest BCUT2D eigenvalue weighted by Crippen LogP contribution is -2.32. The molecule has 0 radical (unpaired) electrons. The predicted molar refractivity (Wildman–Crippen MR) is 113 cm³/mol. The van der Waals surface area contributed by atoms with E-state index in [0.717, 1.165) is 16.9 Å². The van der Waals surface area contributed by atoms with Crippen molar-refractivity contribution in [1.82, 2.24) is 0 Å². The zero-order valence-corrected chi connectivity index (χ0v) is 16.4. The van der Waals surface area contributed by atoms with Gasteiger partial charge in [0.25, 0.3) is 0 Å². The molecule has 144 valence electrons. The van der Waals surface area contributed by atoms with Crippen molar-refractivity contribution < 1.29 is 14.0 Å². The van der Waals surface area contributed by atoms with Gasteiger partial charge in [0, 0.05) is 11.4 Å². The molecular formula is C22H22N2O3S. The molecule has 0 fully saturated rings. The number of furan rings is 1. The van der Waals surface area contributed by atoms with Crippen molar-refractivity contribution >= 4 is 35.0 Å². The Kier molecular flexibility index (Phi) is 6.92. The Hall–Kier alpha value is -2.99. The van der Waals surface area contributed by atoms with Gasteiger partial charge in [-0.2, -0.15) is 0 Å². The van der Waals surface area contributed by atoms with Gasteiger partial charge in [0.2, 0.25) is 11.8 Å². The number of aryl methyl sites for hydroxylation is 1. The zero-order chi connectivity index (χ0) is 19.8. The van der Waals surface area contributed by atoms with Gasteiger partial charge in [-0.15, -0.1) is 11.8 Å². The monoisotopic (exact) mass is 394 g/mol. The molecule has 5 nitrogen and oxygen atoms in total. The van der Waals surface area contributed by atoms with Crippen molar-refractivity contribution in [2.75, 3.05) is 21.7 Å². The normalized spacial score (nSPS) is 10.5. The number of thioether (sulfide) groups is 1. The van der Waals surface area contributed by atoms with E-state index in [1.54, 1.807) is 17.2 Å². The van der Waals surface area contributed by atoms with Gasteiger partial charge in [-0.05, 0) is 48.9 Å². The number of hydrogen-bond donors (Lipinski definition) is 1. The molecule has 0 saturated carbocycles. The van der Waals surface area contributed by atoms with Crippen LogP contribution < -0.4 is 10.2 Å². The molecule has 0 spiro atoms. The van der Waals surface area contributed by atoms with Crippen molar-refractivity contribution in [3.05, 3.63) is 84.3 Å². The minimum absolute atomic E-state index is 0.0732. The Labute approximate surface area is 168 Å². The molecule has 3 aromatic rings. The van der Waals surface area contributed by atoms with Gasteiger partial charge in [0.1, 0.15) is 5.76 Å². The Bertz CT molecular complexity index is 911. The molecule has 1 heterocycles. The van der Waals surface area contributed by atoms with Crippen LogP contribution in [0.15, 0.2) is 77.4 Å². The summed E-state index contributed by atoms with van der Waals surface area (Å²) in [5, 5.41) is 2.85. The summed E-state index contributed by atoms with van der Waals surface area (Å²) in [6.45, 7) is 2.33. The molecule has 0 atom stereocenters. The smallest absolute Gasteiger partial charge is 0.237 e. The predicted octanol–water partition coefficient (Wildman–Crippen LogP) is 4.49. The van der Waals surface area contributed by atoms with Crippen molar-refractivity contribution in [2.24, 2.45) is 0 Å². The van der Waals surface area contributed by atoms with E-state index in [4.69, 9.17) is 4.42 Å². The van der Waals surface area contributed by atoms with Gasteiger partial charge in [-0.25, -0.2) is 0 Å². The zero-order valence-electron chi connectivity index (χ0n) is 15.6. The molecule has 0 unspecified atom stereocenters. The third-order valence-corrected chi connectivity index (χ3v) is 4.94. The molecule has 0 aliphatic rings. The largest absolute Gasteiger partial charge is 0.467 e. The van der Waals surface area contributed by atoms with E-state index in [1.165, 1.54) is 11.8 Å². The summed E-state index contributed by atoms with van der Waals surface area (Å²) in [6, 6.07) is 20.7. The van der Waals surface area contributed by atoms with Crippen molar-refractivity contribution in [3.8, 4) is 0 Å². The average Bonchev–Trinajstić information content (AvgIpc) is 3.20. The van der Waals surface area contributed by atoms with E-state index in [1.807, 2.05) is 67.6 Å². The lowest BCUT2D eigenvalue weighted by atomic mass is 10.2. The van der Waals surface area contributed by atoms with Crippen LogP contribution in [-0.2, 0) is 16.1 Å². The second-order valence-corrected chi connectivity index (χ2v) is 7.29. The van der Waals surface area contributed by atoms with E-state index in [0.29, 0.717) is 12.3 Å². The van der Waals surface area contributed by atoms with Crippen LogP contribution >= 0.6 is 11.8 Å². The first-order valence-corrected chi connectivity index (χ1v) is 10.1. The summed E-state index contributed by atoms with van der Waals surface area (Å²) in [4.78, 5) is 26.6. The fourth-order valence-corrected chi connectivity index (χ4v) is 3.41. The third-order valence-electron chi connectivity index (χ3n) is 4.02. The maximum atomic E-state index is 12.8. The van der Waals surface area contributed by atoms with E-state index in [9.17, 15) is 9.59 Å². The fraction of sp³-hybridized carbons (Fsp3) is 0.182. The molecule has 0 bridgehead atoms. The molecule has 1 aromatic heterocycles. The number of carbonyl (C=O) groups excluding carboxylic acids is 2. The Morgan fingerprint density at radius 1 is 1.00 bits per heavy atom. The highest BCUT2D eigenvalue weighted by atomic mass is 32.2. The van der Waals surface area contributed by atoms with Gasteiger partial charge >= 0.3 is 0 Å². The summed E-state index contributed by atoms with van der Waals surface area (Å²) in [5.41, 5.74) is 2.64. The first kappa shape index (κ1) is 19.8. The molecule has 2 aromatic carbocycles. The van der Waals surface area contributed by atoms with E-state index in [2.05, 4.69) is 5.32 Å². The number of nitrogens with zero attached hydrogens (tertiary/aromatic N) is 1. The summed E-state index contributed by atoms with van der Waals surface area (Å²) < 4.78 is 5.39. The van der Waals surface area contributed by atoms with Gasteiger partial charge < -0.3 is 14.6 Å². The topological polar surface area (TPSA) is 62.6 Å². The van der Waals surface area contributed by atoms with Gasteiger partial charge in [0.05, 0.1) is 24.3 Å². The molecule has 0 aliphatic carbocycles. The molecule has 2 amide bonds.